The molecular formula is C21H21N3O6S. The zero-order chi connectivity index (χ0) is 22.2. The van der Waals surface area contributed by atoms with E-state index in [2.05, 4.69) is 10.3 Å². The first-order valence-corrected chi connectivity index (χ1v) is 11.4. The van der Waals surface area contributed by atoms with Gasteiger partial charge in [0.05, 0.1) is 42.3 Å². The van der Waals surface area contributed by atoms with E-state index in [0.717, 1.165) is 0 Å². The summed E-state index contributed by atoms with van der Waals surface area (Å²) < 4.78 is 35.1. The lowest BCUT2D eigenvalue weighted by atomic mass is 10.1. The van der Waals surface area contributed by atoms with Gasteiger partial charge in [-0.05, 0) is 36.8 Å². The Morgan fingerprint density at radius 1 is 1.16 bits per heavy atom. The molecule has 162 valence electrons. The monoisotopic (exact) mass is 443 g/mol. The summed E-state index contributed by atoms with van der Waals surface area (Å²) in [6.45, 7) is 0. The predicted molar refractivity (Wildman–Crippen MR) is 115 cm³/mol. The van der Waals surface area contributed by atoms with Crippen molar-refractivity contribution < 1.29 is 22.7 Å². The first kappa shape index (κ1) is 20.9. The van der Waals surface area contributed by atoms with Gasteiger partial charge in [-0.15, -0.1) is 0 Å². The Kier molecular flexibility index (Phi) is 5.40. The van der Waals surface area contributed by atoms with Gasteiger partial charge in [0.1, 0.15) is 17.8 Å². The lowest BCUT2D eigenvalue weighted by molar-refractivity contribution is 0.0941. The molecule has 1 aliphatic rings. The van der Waals surface area contributed by atoms with Gasteiger partial charge in [-0.3, -0.25) is 14.2 Å². The average Bonchev–Trinajstić information content (AvgIpc) is 3.11. The van der Waals surface area contributed by atoms with Gasteiger partial charge in [0.15, 0.2) is 9.84 Å². The maximum atomic E-state index is 13.1. The molecule has 0 aliphatic carbocycles. The van der Waals surface area contributed by atoms with Gasteiger partial charge in [-0.25, -0.2) is 13.4 Å². The second-order valence-corrected chi connectivity index (χ2v) is 9.49. The topological polar surface area (TPSA) is 117 Å². The third kappa shape index (κ3) is 4.11. The smallest absolute Gasteiger partial charge is 0.265 e. The van der Waals surface area contributed by atoms with E-state index in [1.54, 1.807) is 18.2 Å². The number of amides is 1. The number of carbonyl (C=O) groups is 1. The summed E-state index contributed by atoms with van der Waals surface area (Å²) in [5.41, 5.74) is 0.811. The summed E-state index contributed by atoms with van der Waals surface area (Å²) in [6.07, 6.45) is 1.76. The SMILES string of the molecule is COc1ccc(OC)c(-n2cnc3cc(C(=O)N[C@H]4CCS(=O)(=O)C4)ccc3c2=O)c1. The van der Waals surface area contributed by atoms with Crippen LogP contribution in [0.25, 0.3) is 16.6 Å². The molecule has 4 rings (SSSR count). The number of rotatable bonds is 5. The molecule has 9 nitrogen and oxygen atoms in total. The van der Waals surface area contributed by atoms with Crippen LogP contribution in [0.1, 0.15) is 16.8 Å². The molecule has 3 aromatic rings. The van der Waals surface area contributed by atoms with E-state index in [4.69, 9.17) is 9.47 Å². The lowest BCUT2D eigenvalue weighted by Gasteiger charge is -2.13. The van der Waals surface area contributed by atoms with Crippen LogP contribution >= 0.6 is 0 Å². The van der Waals surface area contributed by atoms with E-state index in [1.807, 2.05) is 0 Å². The minimum absolute atomic E-state index is 0.0579. The number of carbonyl (C=O) groups excluding carboxylic acids is 1. The summed E-state index contributed by atoms with van der Waals surface area (Å²) >= 11 is 0. The van der Waals surface area contributed by atoms with Crippen LogP contribution in [0.4, 0.5) is 0 Å². The Morgan fingerprint density at radius 3 is 2.65 bits per heavy atom. The van der Waals surface area contributed by atoms with Crippen LogP contribution in [-0.4, -0.2) is 55.6 Å². The number of nitrogens with zero attached hydrogens (tertiary/aromatic N) is 2. The standard InChI is InChI=1S/C21H21N3O6S/c1-29-15-4-6-19(30-2)18(10-15)24-12-22-17-9-13(3-5-16(17)21(24)26)20(25)23-14-7-8-31(27,28)11-14/h3-6,9-10,12,14H,7-8,11H2,1-2H3,(H,23,25)/t14-/m0/s1. The highest BCUT2D eigenvalue weighted by atomic mass is 32.2. The molecule has 0 radical (unpaired) electrons. The predicted octanol–water partition coefficient (Wildman–Crippen LogP) is 1.32. The van der Waals surface area contributed by atoms with Crippen LogP contribution in [0.15, 0.2) is 47.5 Å². The summed E-state index contributed by atoms with van der Waals surface area (Å²) in [6, 6.07) is 9.26. The van der Waals surface area contributed by atoms with Crippen molar-refractivity contribution in [3.8, 4) is 17.2 Å². The molecule has 1 fully saturated rings. The number of benzene rings is 2. The summed E-state index contributed by atoms with van der Waals surface area (Å²) in [4.78, 5) is 30.0. The van der Waals surface area contributed by atoms with Gasteiger partial charge in [0, 0.05) is 17.7 Å². The fourth-order valence-electron chi connectivity index (χ4n) is 3.60. The third-order valence-electron chi connectivity index (χ3n) is 5.23. The molecule has 1 aliphatic heterocycles. The fraction of sp³-hybridized carbons (Fsp3) is 0.286. The largest absolute Gasteiger partial charge is 0.497 e. The second kappa shape index (κ2) is 8.03. The Bertz CT molecular complexity index is 1330. The number of fused-ring (bicyclic) bond motifs is 1. The van der Waals surface area contributed by atoms with Gasteiger partial charge in [0.25, 0.3) is 11.5 Å². The molecule has 1 saturated heterocycles. The molecule has 1 amide bonds. The number of methoxy groups -OCH3 is 2. The first-order valence-electron chi connectivity index (χ1n) is 9.56. The number of hydrogen-bond donors (Lipinski definition) is 1. The van der Waals surface area contributed by atoms with Gasteiger partial charge >= 0.3 is 0 Å². The first-order chi connectivity index (χ1) is 14.8. The number of nitrogens with one attached hydrogen (secondary N) is 1. The maximum absolute atomic E-state index is 13.1. The van der Waals surface area contributed by atoms with Crippen molar-refractivity contribution >= 4 is 26.6 Å². The quantitative estimate of drug-likeness (QED) is 0.632. The Labute approximate surface area is 178 Å². The molecule has 0 bridgehead atoms. The van der Waals surface area contributed by atoms with Gasteiger partial charge in [-0.2, -0.15) is 0 Å². The molecule has 0 saturated carbocycles. The molecule has 0 unspecified atom stereocenters. The van der Waals surface area contributed by atoms with Gasteiger partial charge in [-0.1, -0.05) is 0 Å². The Hall–Kier alpha value is -3.40. The summed E-state index contributed by atoms with van der Waals surface area (Å²) in [5.74, 6) is 0.655. The zero-order valence-corrected chi connectivity index (χ0v) is 17.8. The molecule has 31 heavy (non-hydrogen) atoms. The minimum Gasteiger partial charge on any atom is -0.497 e. The molecule has 0 spiro atoms. The molecule has 1 atom stereocenters. The van der Waals surface area contributed by atoms with Crippen molar-refractivity contribution in [1.82, 2.24) is 14.9 Å². The van der Waals surface area contributed by atoms with E-state index in [1.165, 1.54) is 43.3 Å². The highest BCUT2D eigenvalue weighted by molar-refractivity contribution is 7.91. The Morgan fingerprint density at radius 2 is 1.97 bits per heavy atom. The normalized spacial score (nSPS) is 17.4. The van der Waals surface area contributed by atoms with Crippen LogP contribution in [-0.2, 0) is 9.84 Å². The number of aromatic nitrogens is 2. The molecule has 2 heterocycles. The van der Waals surface area contributed by atoms with Crippen molar-refractivity contribution in [2.24, 2.45) is 0 Å². The van der Waals surface area contributed by atoms with Crippen molar-refractivity contribution in [1.29, 1.82) is 0 Å². The third-order valence-corrected chi connectivity index (χ3v) is 7.00. The molecule has 2 aromatic carbocycles. The van der Waals surface area contributed by atoms with Gasteiger partial charge in [0.2, 0.25) is 0 Å². The molecule has 10 heteroatoms. The van der Waals surface area contributed by atoms with Crippen molar-refractivity contribution in [3.05, 3.63) is 58.6 Å². The number of sulfone groups is 1. The highest BCUT2D eigenvalue weighted by Gasteiger charge is 2.29. The van der Waals surface area contributed by atoms with Gasteiger partial charge < -0.3 is 14.8 Å². The van der Waals surface area contributed by atoms with Crippen molar-refractivity contribution in [2.45, 2.75) is 12.5 Å². The Balaban J connectivity index is 1.68. The van der Waals surface area contributed by atoms with Crippen molar-refractivity contribution in [3.63, 3.8) is 0 Å². The van der Waals surface area contributed by atoms with Crippen LogP contribution in [0.3, 0.4) is 0 Å². The zero-order valence-electron chi connectivity index (χ0n) is 17.0. The van der Waals surface area contributed by atoms with Crippen LogP contribution < -0.4 is 20.3 Å². The average molecular weight is 443 g/mol. The fourth-order valence-corrected chi connectivity index (χ4v) is 5.27. The molecular weight excluding hydrogens is 422 g/mol. The molecule has 1 aromatic heterocycles. The lowest BCUT2D eigenvalue weighted by Crippen LogP contribution is -2.35. The van der Waals surface area contributed by atoms with E-state index >= 15 is 0 Å². The highest BCUT2D eigenvalue weighted by Crippen LogP contribution is 2.27. The summed E-state index contributed by atoms with van der Waals surface area (Å²) in [5, 5.41) is 3.06. The number of hydrogen-bond acceptors (Lipinski definition) is 7. The van der Waals surface area contributed by atoms with E-state index in [9.17, 15) is 18.0 Å². The van der Waals surface area contributed by atoms with Crippen molar-refractivity contribution in [2.75, 3.05) is 25.7 Å². The number of ether oxygens (including phenoxy) is 2. The maximum Gasteiger partial charge on any atom is 0.265 e. The molecule has 1 N–H and O–H groups in total. The van der Waals surface area contributed by atoms with E-state index in [0.29, 0.717) is 40.1 Å². The minimum atomic E-state index is -3.10. The van der Waals surface area contributed by atoms with E-state index in [-0.39, 0.29) is 17.1 Å². The second-order valence-electron chi connectivity index (χ2n) is 7.26. The van der Waals surface area contributed by atoms with Crippen LogP contribution in [0.5, 0.6) is 11.5 Å². The summed E-state index contributed by atoms with van der Waals surface area (Å²) in [7, 11) is -0.0623. The van der Waals surface area contributed by atoms with Crippen LogP contribution in [0.2, 0.25) is 0 Å². The van der Waals surface area contributed by atoms with E-state index < -0.39 is 21.8 Å². The van der Waals surface area contributed by atoms with Crippen LogP contribution in [0, 0.1) is 0 Å².